The molecule has 0 saturated heterocycles. The van der Waals surface area contributed by atoms with E-state index in [1.807, 2.05) is 14.0 Å². The number of benzene rings is 1. The van der Waals surface area contributed by atoms with Gasteiger partial charge in [0.15, 0.2) is 11.6 Å². The minimum atomic E-state index is -0.854. The van der Waals surface area contributed by atoms with Crippen molar-refractivity contribution in [3.8, 4) is 0 Å². The third kappa shape index (κ3) is 3.29. The van der Waals surface area contributed by atoms with Gasteiger partial charge in [-0.05, 0) is 44.0 Å². The summed E-state index contributed by atoms with van der Waals surface area (Å²) in [4.78, 5) is 11.9. The number of hydrogen-bond donors (Lipinski definition) is 2. The first-order chi connectivity index (χ1) is 9.02. The van der Waals surface area contributed by atoms with Gasteiger partial charge < -0.3 is 10.6 Å². The lowest BCUT2D eigenvalue weighted by Gasteiger charge is -2.11. The maximum absolute atomic E-state index is 13.1. The summed E-state index contributed by atoms with van der Waals surface area (Å²) in [5.41, 5.74) is 0.695. The molecule has 0 spiro atoms. The fourth-order valence-electron chi connectivity index (χ4n) is 2.08. The van der Waals surface area contributed by atoms with E-state index in [0.29, 0.717) is 18.5 Å². The number of likely N-dealkylation sites (N-methyl/N-ethyl adjacent to an activating group) is 1. The lowest BCUT2D eigenvalue weighted by atomic mass is 10.1. The lowest BCUT2D eigenvalue weighted by molar-refractivity contribution is -0.122. The molecule has 3 nitrogen and oxygen atoms in total. The van der Waals surface area contributed by atoms with E-state index in [1.165, 1.54) is 6.07 Å². The largest absolute Gasteiger partial charge is 0.354 e. The number of amides is 1. The molecule has 3 unspecified atom stereocenters. The predicted molar refractivity (Wildman–Crippen MR) is 68.7 cm³/mol. The minimum Gasteiger partial charge on any atom is -0.354 e. The highest BCUT2D eigenvalue weighted by Gasteiger charge is 2.44. The van der Waals surface area contributed by atoms with Crippen LogP contribution in [-0.2, 0) is 4.79 Å². The quantitative estimate of drug-likeness (QED) is 0.855. The Morgan fingerprint density at radius 1 is 1.42 bits per heavy atom. The molecule has 0 heterocycles. The average molecular weight is 268 g/mol. The molecular weight excluding hydrogens is 250 g/mol. The van der Waals surface area contributed by atoms with Crippen molar-refractivity contribution < 1.29 is 13.6 Å². The van der Waals surface area contributed by atoms with Gasteiger partial charge in [-0.3, -0.25) is 4.79 Å². The van der Waals surface area contributed by atoms with Gasteiger partial charge >= 0.3 is 0 Å². The molecule has 1 aromatic rings. The average Bonchev–Trinajstić information content (AvgIpc) is 3.19. The first-order valence-electron chi connectivity index (χ1n) is 6.43. The van der Waals surface area contributed by atoms with Crippen LogP contribution in [0.1, 0.15) is 24.8 Å². The van der Waals surface area contributed by atoms with Crippen molar-refractivity contribution in [2.45, 2.75) is 25.3 Å². The van der Waals surface area contributed by atoms with Crippen molar-refractivity contribution in [1.29, 1.82) is 0 Å². The van der Waals surface area contributed by atoms with E-state index in [2.05, 4.69) is 10.6 Å². The van der Waals surface area contributed by atoms with E-state index in [-0.39, 0.29) is 23.8 Å². The van der Waals surface area contributed by atoms with Crippen molar-refractivity contribution in [3.05, 3.63) is 35.4 Å². The predicted octanol–water partition coefficient (Wildman–Crippen LogP) is 1.79. The zero-order chi connectivity index (χ0) is 14.0. The molecule has 104 valence electrons. The van der Waals surface area contributed by atoms with Gasteiger partial charge in [0, 0.05) is 18.5 Å². The summed E-state index contributed by atoms with van der Waals surface area (Å²) in [5, 5.41) is 5.88. The SMILES string of the molecule is CNC(C)CNC(=O)C1CC1c1ccc(F)c(F)c1. The van der Waals surface area contributed by atoms with Crippen molar-refractivity contribution in [2.24, 2.45) is 5.92 Å². The topological polar surface area (TPSA) is 41.1 Å². The molecule has 19 heavy (non-hydrogen) atoms. The second-order valence-corrected chi connectivity index (χ2v) is 5.06. The summed E-state index contributed by atoms with van der Waals surface area (Å²) in [5.74, 6) is -1.83. The number of halogens is 2. The number of nitrogens with one attached hydrogen (secondary N) is 2. The van der Waals surface area contributed by atoms with Gasteiger partial charge in [-0.1, -0.05) is 6.07 Å². The number of carbonyl (C=O) groups is 1. The van der Waals surface area contributed by atoms with Crippen molar-refractivity contribution in [1.82, 2.24) is 10.6 Å². The molecule has 2 N–H and O–H groups in total. The Kier molecular flexibility index (Phi) is 4.14. The van der Waals surface area contributed by atoms with Crippen molar-refractivity contribution >= 4 is 5.91 Å². The van der Waals surface area contributed by atoms with E-state index in [4.69, 9.17) is 0 Å². The Labute approximate surface area is 111 Å². The second-order valence-electron chi connectivity index (χ2n) is 5.06. The van der Waals surface area contributed by atoms with Gasteiger partial charge in [0.2, 0.25) is 5.91 Å². The Bertz CT molecular complexity index is 479. The molecule has 0 bridgehead atoms. The second kappa shape index (κ2) is 5.65. The van der Waals surface area contributed by atoms with Crippen LogP contribution in [0.25, 0.3) is 0 Å². The molecule has 1 amide bonds. The van der Waals surface area contributed by atoms with Crippen LogP contribution in [0.2, 0.25) is 0 Å². The van der Waals surface area contributed by atoms with Gasteiger partial charge in [-0.15, -0.1) is 0 Å². The molecule has 0 aromatic heterocycles. The first kappa shape index (κ1) is 13.9. The molecule has 1 fully saturated rings. The molecule has 0 aliphatic heterocycles. The molecule has 3 atom stereocenters. The first-order valence-corrected chi connectivity index (χ1v) is 6.43. The Morgan fingerprint density at radius 3 is 2.79 bits per heavy atom. The molecule has 1 aromatic carbocycles. The standard InChI is InChI=1S/C14H18F2N2O/c1-8(17-2)7-18-14(19)11-6-10(11)9-3-4-12(15)13(16)5-9/h3-5,8,10-11,17H,6-7H2,1-2H3,(H,18,19). The summed E-state index contributed by atoms with van der Waals surface area (Å²) in [6, 6.07) is 4.06. The molecule has 1 aliphatic carbocycles. The highest BCUT2D eigenvalue weighted by Crippen LogP contribution is 2.47. The van der Waals surface area contributed by atoms with E-state index in [0.717, 1.165) is 6.07 Å². The van der Waals surface area contributed by atoms with Gasteiger partial charge in [0.25, 0.3) is 0 Å². The summed E-state index contributed by atoms with van der Waals surface area (Å²) in [7, 11) is 1.83. The monoisotopic (exact) mass is 268 g/mol. The van der Waals surface area contributed by atoms with E-state index in [9.17, 15) is 13.6 Å². The fraction of sp³-hybridized carbons (Fsp3) is 0.500. The number of hydrogen-bond acceptors (Lipinski definition) is 2. The van der Waals surface area contributed by atoms with E-state index in [1.54, 1.807) is 6.07 Å². The van der Waals surface area contributed by atoms with Crippen LogP contribution in [0.5, 0.6) is 0 Å². The third-order valence-electron chi connectivity index (χ3n) is 3.57. The number of carbonyl (C=O) groups excluding carboxylic acids is 1. The summed E-state index contributed by atoms with van der Waals surface area (Å²) in [6.45, 7) is 2.54. The fourth-order valence-corrected chi connectivity index (χ4v) is 2.08. The van der Waals surface area contributed by atoms with Crippen LogP contribution in [-0.4, -0.2) is 25.5 Å². The molecular formula is C14H18F2N2O. The number of rotatable bonds is 5. The lowest BCUT2D eigenvalue weighted by Crippen LogP contribution is -2.37. The molecule has 1 aliphatic rings. The summed E-state index contributed by atoms with van der Waals surface area (Å²) in [6.07, 6.45) is 0.699. The van der Waals surface area contributed by atoms with Gasteiger partial charge in [0.05, 0.1) is 0 Å². The minimum absolute atomic E-state index is 0.0139. The summed E-state index contributed by atoms with van der Waals surface area (Å²) < 4.78 is 25.9. The maximum atomic E-state index is 13.1. The zero-order valence-electron chi connectivity index (χ0n) is 11.0. The van der Waals surface area contributed by atoms with Gasteiger partial charge in [-0.25, -0.2) is 8.78 Å². The van der Waals surface area contributed by atoms with E-state index < -0.39 is 11.6 Å². The molecule has 1 saturated carbocycles. The van der Waals surface area contributed by atoms with Gasteiger partial charge in [0.1, 0.15) is 0 Å². The highest BCUT2D eigenvalue weighted by molar-refractivity contribution is 5.82. The third-order valence-corrected chi connectivity index (χ3v) is 3.57. The van der Waals surface area contributed by atoms with E-state index >= 15 is 0 Å². The maximum Gasteiger partial charge on any atom is 0.223 e. The molecule has 2 rings (SSSR count). The molecule has 5 heteroatoms. The van der Waals surface area contributed by atoms with Crippen LogP contribution in [0, 0.1) is 17.6 Å². The van der Waals surface area contributed by atoms with Crippen LogP contribution in [0.3, 0.4) is 0 Å². The van der Waals surface area contributed by atoms with Crippen LogP contribution in [0.15, 0.2) is 18.2 Å². The Hall–Kier alpha value is -1.49. The van der Waals surface area contributed by atoms with Crippen LogP contribution < -0.4 is 10.6 Å². The van der Waals surface area contributed by atoms with Gasteiger partial charge in [-0.2, -0.15) is 0 Å². The van der Waals surface area contributed by atoms with Crippen molar-refractivity contribution in [3.63, 3.8) is 0 Å². The van der Waals surface area contributed by atoms with Crippen molar-refractivity contribution in [2.75, 3.05) is 13.6 Å². The summed E-state index contributed by atoms with van der Waals surface area (Å²) >= 11 is 0. The highest BCUT2D eigenvalue weighted by atomic mass is 19.2. The van der Waals surface area contributed by atoms with Crippen LogP contribution in [0.4, 0.5) is 8.78 Å². The smallest absolute Gasteiger partial charge is 0.223 e. The zero-order valence-corrected chi connectivity index (χ0v) is 11.0. The Morgan fingerprint density at radius 2 is 2.16 bits per heavy atom. The van der Waals surface area contributed by atoms with Crippen LogP contribution >= 0.6 is 0 Å². The molecule has 0 radical (unpaired) electrons. The Balaban J connectivity index is 1.89. The normalized spacial score (nSPS) is 22.9.